The molecule has 0 amide bonds. The normalized spacial score (nSPS) is 10.3. The molecule has 1 aromatic heterocycles. The second kappa shape index (κ2) is 6.20. The van der Waals surface area contributed by atoms with Gasteiger partial charge in [-0.2, -0.15) is 0 Å². The molecule has 0 saturated heterocycles. The summed E-state index contributed by atoms with van der Waals surface area (Å²) < 4.78 is 5.02. The number of hydrogen-bond donors (Lipinski definition) is 1. The Morgan fingerprint density at radius 3 is 2.82 bits per heavy atom. The monoisotopic (exact) mass is 238 g/mol. The van der Waals surface area contributed by atoms with Crippen molar-refractivity contribution in [2.24, 2.45) is 0 Å². The Hall–Kier alpha value is -1.62. The van der Waals surface area contributed by atoms with Crippen molar-refractivity contribution in [2.45, 2.75) is 13.8 Å². The number of rotatable bonds is 6. The van der Waals surface area contributed by atoms with Crippen molar-refractivity contribution in [3.05, 3.63) is 23.5 Å². The lowest BCUT2D eigenvalue weighted by molar-refractivity contribution is 0.0697. The summed E-state index contributed by atoms with van der Waals surface area (Å²) in [4.78, 5) is 17.1. The highest BCUT2D eigenvalue weighted by molar-refractivity contribution is 5.94. The van der Waals surface area contributed by atoms with E-state index in [4.69, 9.17) is 9.84 Å². The third-order valence-corrected chi connectivity index (χ3v) is 2.54. The molecule has 0 radical (unpaired) electrons. The summed E-state index contributed by atoms with van der Waals surface area (Å²) in [6.07, 6.45) is 1.41. The summed E-state index contributed by atoms with van der Waals surface area (Å²) in [7, 11) is 1.63. The van der Waals surface area contributed by atoms with E-state index in [-0.39, 0.29) is 5.56 Å². The van der Waals surface area contributed by atoms with E-state index < -0.39 is 5.97 Å². The van der Waals surface area contributed by atoms with E-state index in [1.807, 2.05) is 18.7 Å². The van der Waals surface area contributed by atoms with Gasteiger partial charge in [-0.3, -0.25) is 4.98 Å². The number of carbonyl (C=O) groups is 1. The van der Waals surface area contributed by atoms with Crippen LogP contribution in [0.5, 0.6) is 0 Å². The van der Waals surface area contributed by atoms with Gasteiger partial charge < -0.3 is 14.7 Å². The summed E-state index contributed by atoms with van der Waals surface area (Å²) in [5.41, 5.74) is 1.74. The number of anilines is 1. The van der Waals surface area contributed by atoms with Gasteiger partial charge in [0.2, 0.25) is 0 Å². The topological polar surface area (TPSA) is 62.7 Å². The van der Waals surface area contributed by atoms with Gasteiger partial charge in [-0.25, -0.2) is 4.79 Å². The summed E-state index contributed by atoms with van der Waals surface area (Å²) >= 11 is 0. The molecule has 0 atom stereocenters. The van der Waals surface area contributed by atoms with E-state index >= 15 is 0 Å². The summed E-state index contributed by atoms with van der Waals surface area (Å²) in [6, 6.07) is 1.79. The zero-order valence-electron chi connectivity index (χ0n) is 10.4. The van der Waals surface area contributed by atoms with Crippen LogP contribution >= 0.6 is 0 Å². The molecule has 0 fully saturated rings. The zero-order chi connectivity index (χ0) is 12.8. The molecule has 1 rings (SSSR count). The second-order valence-electron chi connectivity index (χ2n) is 3.72. The standard InChI is InChI=1S/C12H18N2O3/c1-4-14(5-6-17-3)11-7-9(2)13-8-10(11)12(15)16/h7-8H,4-6H2,1-3H3,(H,15,16). The number of hydrogen-bond acceptors (Lipinski definition) is 4. The SMILES string of the molecule is CCN(CCOC)c1cc(C)ncc1C(=O)O. The quantitative estimate of drug-likeness (QED) is 0.814. The number of methoxy groups -OCH3 is 1. The molecule has 5 heteroatoms. The van der Waals surface area contributed by atoms with E-state index in [1.54, 1.807) is 13.2 Å². The van der Waals surface area contributed by atoms with Crippen LogP contribution in [0.15, 0.2) is 12.3 Å². The fraction of sp³-hybridized carbons (Fsp3) is 0.500. The van der Waals surface area contributed by atoms with Gasteiger partial charge in [0.15, 0.2) is 0 Å². The maximum atomic E-state index is 11.1. The van der Waals surface area contributed by atoms with Crippen molar-refractivity contribution in [3.8, 4) is 0 Å². The number of likely N-dealkylation sites (N-methyl/N-ethyl adjacent to an activating group) is 1. The van der Waals surface area contributed by atoms with Gasteiger partial charge >= 0.3 is 5.97 Å². The van der Waals surface area contributed by atoms with E-state index in [2.05, 4.69) is 4.98 Å². The molecule has 17 heavy (non-hydrogen) atoms. The van der Waals surface area contributed by atoms with Gasteiger partial charge in [-0.15, -0.1) is 0 Å². The van der Waals surface area contributed by atoms with Crippen LogP contribution in [0.3, 0.4) is 0 Å². The lowest BCUT2D eigenvalue weighted by atomic mass is 10.2. The van der Waals surface area contributed by atoms with Crippen molar-refractivity contribution in [2.75, 3.05) is 31.7 Å². The van der Waals surface area contributed by atoms with Crippen LogP contribution in [0, 0.1) is 6.92 Å². The molecule has 0 aliphatic carbocycles. The minimum atomic E-state index is -0.955. The number of aromatic nitrogens is 1. The van der Waals surface area contributed by atoms with Crippen molar-refractivity contribution in [1.29, 1.82) is 0 Å². The van der Waals surface area contributed by atoms with Crippen molar-refractivity contribution >= 4 is 11.7 Å². The van der Waals surface area contributed by atoms with Gasteiger partial charge in [0.25, 0.3) is 0 Å². The minimum absolute atomic E-state index is 0.230. The predicted molar refractivity (Wildman–Crippen MR) is 65.7 cm³/mol. The first-order valence-corrected chi connectivity index (χ1v) is 5.54. The lowest BCUT2D eigenvalue weighted by Crippen LogP contribution is -2.28. The molecular weight excluding hydrogens is 220 g/mol. The first-order chi connectivity index (χ1) is 8.10. The number of carboxylic acid groups (broad SMARTS) is 1. The van der Waals surface area contributed by atoms with Crippen LogP contribution in [0.1, 0.15) is 23.0 Å². The fourth-order valence-corrected chi connectivity index (χ4v) is 1.62. The van der Waals surface area contributed by atoms with Crippen LogP contribution < -0.4 is 4.90 Å². The number of pyridine rings is 1. The largest absolute Gasteiger partial charge is 0.478 e. The molecule has 0 aliphatic heterocycles. The summed E-state index contributed by atoms with van der Waals surface area (Å²) in [5, 5.41) is 9.13. The second-order valence-corrected chi connectivity index (χ2v) is 3.72. The molecule has 1 N–H and O–H groups in total. The Morgan fingerprint density at radius 1 is 1.59 bits per heavy atom. The first kappa shape index (κ1) is 13.4. The number of carboxylic acids is 1. The highest BCUT2D eigenvalue weighted by Gasteiger charge is 2.15. The molecule has 0 aliphatic rings. The highest BCUT2D eigenvalue weighted by Crippen LogP contribution is 2.20. The summed E-state index contributed by atoms with van der Waals surface area (Å²) in [5.74, 6) is -0.955. The van der Waals surface area contributed by atoms with Crippen molar-refractivity contribution in [1.82, 2.24) is 4.98 Å². The van der Waals surface area contributed by atoms with E-state index in [9.17, 15) is 4.79 Å². The third kappa shape index (κ3) is 3.42. The Morgan fingerprint density at radius 2 is 2.29 bits per heavy atom. The van der Waals surface area contributed by atoms with Crippen LogP contribution in [0.2, 0.25) is 0 Å². The van der Waals surface area contributed by atoms with Crippen molar-refractivity contribution < 1.29 is 14.6 Å². The fourth-order valence-electron chi connectivity index (χ4n) is 1.62. The lowest BCUT2D eigenvalue weighted by Gasteiger charge is -2.24. The van der Waals surface area contributed by atoms with E-state index in [0.29, 0.717) is 18.8 Å². The number of ether oxygens (including phenoxy) is 1. The molecule has 0 bridgehead atoms. The summed E-state index contributed by atoms with van der Waals surface area (Å²) in [6.45, 7) is 5.79. The Labute approximate surface area is 101 Å². The van der Waals surface area contributed by atoms with E-state index in [0.717, 1.165) is 12.2 Å². The molecule has 5 nitrogen and oxygen atoms in total. The molecule has 0 saturated carbocycles. The Kier molecular flexibility index (Phi) is 4.90. The molecule has 94 valence electrons. The Balaban J connectivity index is 3.06. The molecule has 0 aromatic carbocycles. The van der Waals surface area contributed by atoms with Gasteiger partial charge in [0.1, 0.15) is 5.56 Å². The number of nitrogens with zero attached hydrogens (tertiary/aromatic N) is 2. The number of aryl methyl sites for hydroxylation is 1. The number of aromatic carboxylic acids is 1. The van der Waals surface area contributed by atoms with Gasteiger partial charge in [-0.05, 0) is 19.9 Å². The smallest absolute Gasteiger partial charge is 0.339 e. The van der Waals surface area contributed by atoms with Crippen molar-refractivity contribution in [3.63, 3.8) is 0 Å². The predicted octanol–water partition coefficient (Wildman–Crippen LogP) is 1.56. The van der Waals surface area contributed by atoms with E-state index in [1.165, 1.54) is 6.20 Å². The van der Waals surface area contributed by atoms with Gasteiger partial charge in [0.05, 0.1) is 12.3 Å². The van der Waals surface area contributed by atoms with Crippen LogP contribution in [-0.4, -0.2) is 42.9 Å². The highest BCUT2D eigenvalue weighted by atomic mass is 16.5. The molecule has 1 aromatic rings. The maximum absolute atomic E-state index is 11.1. The molecular formula is C12H18N2O3. The zero-order valence-corrected chi connectivity index (χ0v) is 10.4. The first-order valence-electron chi connectivity index (χ1n) is 5.54. The van der Waals surface area contributed by atoms with Crippen LogP contribution in [0.4, 0.5) is 5.69 Å². The Bertz CT molecular complexity index is 393. The molecule has 0 spiro atoms. The van der Waals surface area contributed by atoms with Crippen LogP contribution in [-0.2, 0) is 4.74 Å². The minimum Gasteiger partial charge on any atom is -0.478 e. The van der Waals surface area contributed by atoms with Gasteiger partial charge in [0, 0.05) is 32.1 Å². The molecule has 0 unspecified atom stereocenters. The van der Waals surface area contributed by atoms with Crippen LogP contribution in [0.25, 0.3) is 0 Å². The maximum Gasteiger partial charge on any atom is 0.339 e. The average molecular weight is 238 g/mol. The third-order valence-electron chi connectivity index (χ3n) is 2.54. The van der Waals surface area contributed by atoms with Gasteiger partial charge in [-0.1, -0.05) is 0 Å². The average Bonchev–Trinajstić information content (AvgIpc) is 2.29. The molecule has 1 heterocycles.